The van der Waals surface area contributed by atoms with Gasteiger partial charge in [-0.05, 0) is 36.2 Å². The molecule has 0 radical (unpaired) electrons. The maximum atomic E-state index is 13.4. The fourth-order valence-electron chi connectivity index (χ4n) is 2.56. The summed E-state index contributed by atoms with van der Waals surface area (Å²) in [7, 11) is 0. The number of amidine groups is 1. The number of rotatable bonds is 4. The zero-order valence-electron chi connectivity index (χ0n) is 13.6. The van der Waals surface area contributed by atoms with Gasteiger partial charge in [0.15, 0.2) is 6.19 Å². The van der Waals surface area contributed by atoms with Gasteiger partial charge in [0.05, 0.1) is 11.6 Å². The van der Waals surface area contributed by atoms with Gasteiger partial charge in [0, 0.05) is 12.5 Å². The van der Waals surface area contributed by atoms with E-state index in [1.165, 1.54) is 25.1 Å². The molecule has 26 heavy (non-hydrogen) atoms. The molecule has 0 bridgehead atoms. The van der Waals surface area contributed by atoms with Crippen molar-refractivity contribution < 1.29 is 22.0 Å². The van der Waals surface area contributed by atoms with Gasteiger partial charge in [-0.15, -0.1) is 0 Å². The molecule has 0 aliphatic rings. The van der Waals surface area contributed by atoms with Crippen molar-refractivity contribution in [1.29, 1.82) is 10.7 Å². The predicted octanol–water partition coefficient (Wildman–Crippen LogP) is 5.05. The zero-order valence-corrected chi connectivity index (χ0v) is 13.6. The first-order chi connectivity index (χ1) is 12.1. The second-order valence-corrected chi connectivity index (χ2v) is 5.63. The molecule has 1 unspecified atom stereocenters. The number of nitriles is 1. The first-order valence-electron chi connectivity index (χ1n) is 7.51. The minimum absolute atomic E-state index is 0.0953. The lowest BCUT2D eigenvalue weighted by Gasteiger charge is -2.25. The normalized spacial score (nSPS) is 12.3. The van der Waals surface area contributed by atoms with Gasteiger partial charge in [-0.3, -0.25) is 10.3 Å². The molecular formula is C18H14F5N3. The van der Waals surface area contributed by atoms with Crippen molar-refractivity contribution in [2.75, 3.05) is 0 Å². The minimum atomic E-state index is -4.59. The van der Waals surface area contributed by atoms with Crippen LogP contribution in [-0.4, -0.2) is 10.7 Å². The molecule has 2 rings (SSSR count). The lowest BCUT2D eigenvalue weighted by molar-refractivity contribution is -0.138. The van der Waals surface area contributed by atoms with Crippen LogP contribution in [0.3, 0.4) is 0 Å². The van der Waals surface area contributed by atoms with Crippen molar-refractivity contribution in [2.24, 2.45) is 0 Å². The molecule has 0 saturated carbocycles. The van der Waals surface area contributed by atoms with E-state index in [4.69, 9.17) is 5.41 Å². The third kappa shape index (κ3) is 4.36. The van der Waals surface area contributed by atoms with E-state index in [2.05, 4.69) is 0 Å². The standard InChI is InChI=1S/C18H14F5N3/c1-11(13-6-14(19)9-15(20)7-13)26(10-24)17(25)8-12-4-2-3-5-16(12)18(21,22)23/h2-7,9,11,25H,8H2,1H3. The Balaban J connectivity index is 2.29. The maximum Gasteiger partial charge on any atom is 0.416 e. The van der Waals surface area contributed by atoms with Crippen molar-refractivity contribution in [3.63, 3.8) is 0 Å². The maximum absolute atomic E-state index is 13.4. The van der Waals surface area contributed by atoms with Crippen LogP contribution in [0.1, 0.15) is 29.7 Å². The average molecular weight is 367 g/mol. The molecule has 3 nitrogen and oxygen atoms in total. The highest BCUT2D eigenvalue weighted by Crippen LogP contribution is 2.32. The number of hydrogen-bond donors (Lipinski definition) is 1. The third-order valence-electron chi connectivity index (χ3n) is 3.83. The van der Waals surface area contributed by atoms with Gasteiger partial charge < -0.3 is 0 Å². The van der Waals surface area contributed by atoms with Gasteiger partial charge in [0.1, 0.15) is 17.5 Å². The molecule has 2 aromatic carbocycles. The summed E-state index contributed by atoms with van der Waals surface area (Å²) in [6, 6.07) is 6.51. The largest absolute Gasteiger partial charge is 0.416 e. The summed E-state index contributed by atoms with van der Waals surface area (Å²) in [6.45, 7) is 1.43. The predicted molar refractivity (Wildman–Crippen MR) is 85.1 cm³/mol. The van der Waals surface area contributed by atoms with Crippen LogP contribution in [0, 0.1) is 28.5 Å². The molecule has 0 aliphatic carbocycles. The third-order valence-corrected chi connectivity index (χ3v) is 3.83. The van der Waals surface area contributed by atoms with E-state index in [0.29, 0.717) is 6.07 Å². The van der Waals surface area contributed by atoms with E-state index in [1.807, 2.05) is 0 Å². The van der Waals surface area contributed by atoms with Crippen LogP contribution < -0.4 is 0 Å². The number of nitrogens with one attached hydrogen (secondary N) is 1. The Morgan fingerprint density at radius 1 is 1.15 bits per heavy atom. The average Bonchev–Trinajstić information content (AvgIpc) is 2.54. The van der Waals surface area contributed by atoms with Crippen molar-refractivity contribution in [2.45, 2.75) is 25.6 Å². The monoisotopic (exact) mass is 367 g/mol. The van der Waals surface area contributed by atoms with E-state index in [9.17, 15) is 27.2 Å². The highest BCUT2D eigenvalue weighted by atomic mass is 19.4. The zero-order chi connectivity index (χ0) is 19.5. The van der Waals surface area contributed by atoms with E-state index in [1.54, 1.807) is 6.19 Å². The highest BCUT2D eigenvalue weighted by molar-refractivity contribution is 5.83. The fraction of sp³-hybridized carbons (Fsp3) is 0.222. The lowest BCUT2D eigenvalue weighted by Crippen LogP contribution is -2.30. The van der Waals surface area contributed by atoms with Crippen molar-refractivity contribution in [3.8, 4) is 6.19 Å². The Kier molecular flexibility index (Phi) is 5.60. The van der Waals surface area contributed by atoms with E-state index in [0.717, 1.165) is 23.1 Å². The minimum Gasteiger partial charge on any atom is -0.287 e. The van der Waals surface area contributed by atoms with Gasteiger partial charge in [-0.2, -0.15) is 18.4 Å². The molecule has 0 aliphatic heterocycles. The van der Waals surface area contributed by atoms with Gasteiger partial charge in [0.2, 0.25) is 0 Å². The van der Waals surface area contributed by atoms with E-state index in [-0.39, 0.29) is 11.1 Å². The summed E-state index contributed by atoms with van der Waals surface area (Å²) < 4.78 is 65.9. The molecule has 0 aromatic heterocycles. The van der Waals surface area contributed by atoms with Gasteiger partial charge in [-0.25, -0.2) is 8.78 Å². The molecule has 0 fully saturated rings. The smallest absolute Gasteiger partial charge is 0.287 e. The Hall–Kier alpha value is -2.95. The molecular weight excluding hydrogens is 353 g/mol. The fourth-order valence-corrected chi connectivity index (χ4v) is 2.56. The summed E-state index contributed by atoms with van der Waals surface area (Å²) in [5, 5.41) is 17.3. The number of nitrogens with zero attached hydrogens (tertiary/aromatic N) is 2. The number of benzene rings is 2. The van der Waals surface area contributed by atoms with Gasteiger partial charge >= 0.3 is 6.18 Å². The second kappa shape index (κ2) is 7.52. The van der Waals surface area contributed by atoms with Crippen LogP contribution in [0.5, 0.6) is 0 Å². The second-order valence-electron chi connectivity index (χ2n) is 5.63. The molecule has 0 amide bonds. The Morgan fingerprint density at radius 3 is 2.27 bits per heavy atom. The van der Waals surface area contributed by atoms with Crippen LogP contribution in [-0.2, 0) is 12.6 Å². The number of alkyl halides is 3. The van der Waals surface area contributed by atoms with E-state index < -0.39 is 41.7 Å². The summed E-state index contributed by atoms with van der Waals surface area (Å²) in [4.78, 5) is 0.821. The van der Waals surface area contributed by atoms with Crippen LogP contribution in [0.2, 0.25) is 0 Å². The summed E-state index contributed by atoms with van der Waals surface area (Å²) >= 11 is 0. The first kappa shape index (κ1) is 19.4. The summed E-state index contributed by atoms with van der Waals surface area (Å²) in [5.41, 5.74) is -0.965. The SMILES string of the molecule is CC(c1cc(F)cc(F)c1)N(C#N)C(=N)Cc1ccccc1C(F)(F)F. The molecule has 2 aromatic rings. The molecule has 136 valence electrons. The van der Waals surface area contributed by atoms with Crippen molar-refractivity contribution in [3.05, 3.63) is 70.8 Å². The molecule has 1 N–H and O–H groups in total. The van der Waals surface area contributed by atoms with Crippen LogP contribution in [0.25, 0.3) is 0 Å². The summed E-state index contributed by atoms with van der Waals surface area (Å²) in [5.74, 6) is -2.11. The lowest BCUT2D eigenvalue weighted by atomic mass is 10.0. The molecule has 0 spiro atoms. The van der Waals surface area contributed by atoms with Crippen molar-refractivity contribution in [1.82, 2.24) is 4.90 Å². The van der Waals surface area contributed by atoms with E-state index >= 15 is 0 Å². The van der Waals surface area contributed by atoms with Gasteiger partial charge in [-0.1, -0.05) is 18.2 Å². The molecule has 0 saturated heterocycles. The Bertz CT molecular complexity index is 834. The van der Waals surface area contributed by atoms with Crippen LogP contribution in [0.4, 0.5) is 22.0 Å². The van der Waals surface area contributed by atoms with Gasteiger partial charge in [0.25, 0.3) is 0 Å². The molecule has 8 heteroatoms. The highest BCUT2D eigenvalue weighted by Gasteiger charge is 2.33. The van der Waals surface area contributed by atoms with Crippen LogP contribution in [0.15, 0.2) is 42.5 Å². The quantitative estimate of drug-likeness (QED) is 0.270. The Labute approximate surface area is 146 Å². The molecule has 1 atom stereocenters. The Morgan fingerprint density at radius 2 is 1.73 bits per heavy atom. The first-order valence-corrected chi connectivity index (χ1v) is 7.51. The number of hydrogen-bond acceptors (Lipinski definition) is 2. The van der Waals surface area contributed by atoms with Crippen molar-refractivity contribution >= 4 is 5.84 Å². The number of halogens is 5. The molecule has 0 heterocycles. The van der Waals surface area contributed by atoms with Crippen LogP contribution >= 0.6 is 0 Å². The summed E-state index contributed by atoms with van der Waals surface area (Å²) in [6.07, 6.45) is -3.34. The topological polar surface area (TPSA) is 50.9 Å².